The summed E-state index contributed by atoms with van der Waals surface area (Å²) in [7, 11) is 0. The van der Waals surface area contributed by atoms with Crippen LogP contribution in [0.3, 0.4) is 0 Å². The first-order valence-corrected chi connectivity index (χ1v) is 4.54. The van der Waals surface area contributed by atoms with Gasteiger partial charge in [0.1, 0.15) is 5.15 Å². The maximum Gasteiger partial charge on any atom is 0.255 e. The number of halogens is 2. The molecule has 0 atom stereocenters. The highest BCUT2D eigenvalue weighted by molar-refractivity contribution is 6.68. The fourth-order valence-electron chi connectivity index (χ4n) is 1.13. The normalized spacial score (nSPS) is 10.2. The van der Waals surface area contributed by atoms with Crippen LogP contribution >= 0.6 is 23.2 Å². The van der Waals surface area contributed by atoms with Gasteiger partial charge in [0.25, 0.3) is 5.24 Å². The summed E-state index contributed by atoms with van der Waals surface area (Å²) >= 11 is 11.2. The van der Waals surface area contributed by atoms with Crippen LogP contribution < -0.4 is 0 Å². The van der Waals surface area contributed by atoms with Crippen molar-refractivity contribution in [3.05, 3.63) is 27.5 Å². The summed E-state index contributed by atoms with van der Waals surface area (Å²) in [4.78, 5) is 15.0. The van der Waals surface area contributed by atoms with E-state index in [0.717, 1.165) is 16.8 Å². The van der Waals surface area contributed by atoms with E-state index in [4.69, 9.17) is 23.2 Å². The standard InChI is InChI=1S/C9H9Cl2NO/c1-4-5(2)7(9(11)13)8(10)12-6(4)3/h1-3H3. The Balaban J connectivity index is 3.53. The van der Waals surface area contributed by atoms with Crippen LogP contribution in [0, 0.1) is 20.8 Å². The first kappa shape index (κ1) is 10.5. The Morgan fingerprint density at radius 1 is 1.23 bits per heavy atom. The lowest BCUT2D eigenvalue weighted by molar-refractivity contribution is 0.108. The number of hydrogen-bond acceptors (Lipinski definition) is 2. The average Bonchev–Trinajstić information content (AvgIpc) is 1.99. The summed E-state index contributed by atoms with van der Waals surface area (Å²) in [5, 5.41) is -0.376. The molecule has 0 spiro atoms. The van der Waals surface area contributed by atoms with Gasteiger partial charge in [-0.1, -0.05) is 11.6 Å². The van der Waals surface area contributed by atoms with Gasteiger partial charge in [-0.2, -0.15) is 0 Å². The van der Waals surface area contributed by atoms with Crippen molar-refractivity contribution in [2.24, 2.45) is 0 Å². The highest BCUT2D eigenvalue weighted by Gasteiger charge is 2.15. The lowest BCUT2D eigenvalue weighted by Gasteiger charge is -2.08. The third kappa shape index (κ3) is 1.84. The molecule has 0 saturated heterocycles. The van der Waals surface area contributed by atoms with E-state index >= 15 is 0 Å². The highest BCUT2D eigenvalue weighted by atomic mass is 35.5. The Hall–Kier alpha value is -0.600. The van der Waals surface area contributed by atoms with Crippen LogP contribution in [0.1, 0.15) is 27.2 Å². The summed E-state index contributed by atoms with van der Waals surface area (Å²) in [5.74, 6) is 0. The Kier molecular flexibility index (Phi) is 2.94. The number of nitrogens with zero attached hydrogens (tertiary/aromatic N) is 1. The second kappa shape index (κ2) is 3.64. The van der Waals surface area contributed by atoms with Crippen LogP contribution in [-0.2, 0) is 0 Å². The van der Waals surface area contributed by atoms with E-state index in [1.165, 1.54) is 0 Å². The van der Waals surface area contributed by atoms with E-state index in [1.807, 2.05) is 20.8 Å². The van der Waals surface area contributed by atoms with Crippen molar-refractivity contribution < 1.29 is 4.79 Å². The van der Waals surface area contributed by atoms with E-state index in [9.17, 15) is 4.79 Å². The zero-order chi connectivity index (χ0) is 10.2. The van der Waals surface area contributed by atoms with E-state index in [2.05, 4.69) is 4.98 Å². The molecule has 1 aromatic rings. The van der Waals surface area contributed by atoms with Crippen molar-refractivity contribution >= 4 is 28.4 Å². The largest absolute Gasteiger partial charge is 0.275 e. The smallest absolute Gasteiger partial charge is 0.255 e. The molecule has 1 heterocycles. The van der Waals surface area contributed by atoms with Crippen molar-refractivity contribution in [2.75, 3.05) is 0 Å². The van der Waals surface area contributed by atoms with Crippen LogP contribution in [0.4, 0.5) is 0 Å². The van der Waals surface area contributed by atoms with Gasteiger partial charge < -0.3 is 0 Å². The summed E-state index contributed by atoms with van der Waals surface area (Å²) in [5.41, 5.74) is 2.89. The Morgan fingerprint density at radius 2 is 1.77 bits per heavy atom. The molecule has 1 aromatic heterocycles. The number of aromatic nitrogens is 1. The lowest BCUT2D eigenvalue weighted by Crippen LogP contribution is -2.02. The molecule has 70 valence electrons. The fourth-order valence-corrected chi connectivity index (χ4v) is 1.76. The topological polar surface area (TPSA) is 30.0 Å². The first-order chi connectivity index (χ1) is 5.95. The Morgan fingerprint density at radius 3 is 2.23 bits per heavy atom. The quantitative estimate of drug-likeness (QED) is 0.535. The third-order valence-corrected chi connectivity index (χ3v) is 2.61. The number of carbonyl (C=O) groups is 1. The zero-order valence-electron chi connectivity index (χ0n) is 7.61. The van der Waals surface area contributed by atoms with E-state index in [1.54, 1.807) is 0 Å². The third-order valence-electron chi connectivity index (χ3n) is 2.15. The monoisotopic (exact) mass is 217 g/mol. The van der Waals surface area contributed by atoms with Gasteiger partial charge in [-0.05, 0) is 43.5 Å². The van der Waals surface area contributed by atoms with E-state index in [-0.39, 0.29) is 5.15 Å². The Labute approximate surface area is 86.9 Å². The molecule has 0 aliphatic heterocycles. The summed E-state index contributed by atoms with van der Waals surface area (Å²) < 4.78 is 0. The maximum absolute atomic E-state index is 11.0. The SMILES string of the molecule is Cc1nc(Cl)c(C(=O)Cl)c(C)c1C. The predicted octanol–water partition coefficient (Wildman–Crippen LogP) is 3.04. The van der Waals surface area contributed by atoms with Gasteiger partial charge in [-0.15, -0.1) is 0 Å². The van der Waals surface area contributed by atoms with Gasteiger partial charge in [0, 0.05) is 5.69 Å². The molecule has 0 unspecified atom stereocenters. The molecular formula is C9H9Cl2NO. The van der Waals surface area contributed by atoms with Crippen molar-refractivity contribution in [1.29, 1.82) is 0 Å². The van der Waals surface area contributed by atoms with Crippen LogP contribution in [0.25, 0.3) is 0 Å². The lowest BCUT2D eigenvalue weighted by atomic mass is 10.1. The fraction of sp³-hybridized carbons (Fsp3) is 0.333. The van der Waals surface area contributed by atoms with E-state index in [0.29, 0.717) is 5.56 Å². The number of hydrogen-bond donors (Lipinski definition) is 0. The molecular weight excluding hydrogens is 209 g/mol. The van der Waals surface area contributed by atoms with Crippen LogP contribution in [0.2, 0.25) is 5.15 Å². The molecule has 0 aliphatic rings. The molecule has 13 heavy (non-hydrogen) atoms. The molecule has 4 heteroatoms. The zero-order valence-corrected chi connectivity index (χ0v) is 9.12. The molecule has 0 aliphatic carbocycles. The highest BCUT2D eigenvalue weighted by Crippen LogP contribution is 2.23. The minimum atomic E-state index is -0.557. The summed E-state index contributed by atoms with van der Waals surface area (Å²) in [6.07, 6.45) is 0. The van der Waals surface area contributed by atoms with Crippen molar-refractivity contribution in [1.82, 2.24) is 4.98 Å². The average molecular weight is 218 g/mol. The van der Waals surface area contributed by atoms with Gasteiger partial charge >= 0.3 is 0 Å². The van der Waals surface area contributed by atoms with Gasteiger partial charge in [0.2, 0.25) is 0 Å². The van der Waals surface area contributed by atoms with Gasteiger partial charge in [0.15, 0.2) is 0 Å². The molecule has 0 bridgehead atoms. The molecule has 0 amide bonds. The molecule has 0 saturated carbocycles. The molecule has 0 N–H and O–H groups in total. The van der Waals surface area contributed by atoms with Crippen LogP contribution in [0.15, 0.2) is 0 Å². The second-order valence-corrected chi connectivity index (χ2v) is 3.59. The van der Waals surface area contributed by atoms with Gasteiger partial charge in [0.05, 0.1) is 5.56 Å². The minimum Gasteiger partial charge on any atom is -0.275 e. The molecule has 0 fully saturated rings. The first-order valence-electron chi connectivity index (χ1n) is 3.78. The van der Waals surface area contributed by atoms with Gasteiger partial charge in [-0.25, -0.2) is 4.98 Å². The summed E-state index contributed by atoms with van der Waals surface area (Å²) in [6, 6.07) is 0. The van der Waals surface area contributed by atoms with Crippen molar-refractivity contribution in [3.8, 4) is 0 Å². The number of rotatable bonds is 1. The molecule has 1 rings (SSSR count). The minimum absolute atomic E-state index is 0.181. The number of carbonyl (C=O) groups excluding carboxylic acids is 1. The van der Waals surface area contributed by atoms with Crippen LogP contribution in [0.5, 0.6) is 0 Å². The molecule has 2 nitrogen and oxygen atoms in total. The molecule has 0 aromatic carbocycles. The second-order valence-electron chi connectivity index (χ2n) is 2.89. The van der Waals surface area contributed by atoms with E-state index < -0.39 is 5.24 Å². The number of pyridine rings is 1. The van der Waals surface area contributed by atoms with Crippen molar-refractivity contribution in [2.45, 2.75) is 20.8 Å². The van der Waals surface area contributed by atoms with Crippen LogP contribution in [-0.4, -0.2) is 10.2 Å². The maximum atomic E-state index is 11.0. The number of aryl methyl sites for hydroxylation is 1. The molecule has 0 radical (unpaired) electrons. The predicted molar refractivity (Wildman–Crippen MR) is 53.6 cm³/mol. The Bertz CT molecular complexity index is 374. The van der Waals surface area contributed by atoms with Crippen molar-refractivity contribution in [3.63, 3.8) is 0 Å². The summed E-state index contributed by atoms with van der Waals surface area (Å²) in [6.45, 7) is 5.54. The van der Waals surface area contributed by atoms with Gasteiger partial charge in [-0.3, -0.25) is 4.79 Å².